The lowest BCUT2D eigenvalue weighted by Crippen LogP contribution is -2.29. The Morgan fingerprint density at radius 3 is 2.43 bits per heavy atom. The van der Waals surface area contributed by atoms with Crippen LogP contribution in [0.5, 0.6) is 0 Å². The molecule has 1 aliphatic heterocycles. The van der Waals surface area contributed by atoms with E-state index in [2.05, 4.69) is 44.5 Å². The summed E-state index contributed by atoms with van der Waals surface area (Å²) in [5, 5.41) is 3.56. The second-order valence-electron chi connectivity index (χ2n) is 5.94. The highest BCUT2D eigenvalue weighted by atomic mass is 35.5. The lowest BCUT2D eigenvalue weighted by molar-refractivity contribution is 0.221. The molecule has 1 aliphatic rings. The first kappa shape index (κ1) is 16.0. The fraction of sp³-hybridized carbons (Fsp3) is 0.412. The molecule has 1 fully saturated rings. The number of nitrogens with two attached hydrogens (primary N) is 1. The SMILES string of the molecule is Nc1nc(Cl)cc(NCc2ccc(CN3CCCCC3)cc2)n1. The molecule has 0 radical (unpaired) electrons. The van der Waals surface area contributed by atoms with Crippen LogP contribution in [-0.4, -0.2) is 28.0 Å². The molecule has 0 bridgehead atoms. The van der Waals surface area contributed by atoms with Gasteiger partial charge >= 0.3 is 0 Å². The highest BCUT2D eigenvalue weighted by Gasteiger charge is 2.10. The van der Waals surface area contributed by atoms with E-state index in [0.717, 1.165) is 6.54 Å². The molecule has 1 aromatic heterocycles. The van der Waals surface area contributed by atoms with E-state index in [-0.39, 0.29) is 5.95 Å². The van der Waals surface area contributed by atoms with Crippen LogP contribution in [0.25, 0.3) is 0 Å². The van der Waals surface area contributed by atoms with Crippen LogP contribution in [-0.2, 0) is 13.1 Å². The van der Waals surface area contributed by atoms with Gasteiger partial charge in [-0.05, 0) is 37.1 Å². The number of hydrogen-bond donors (Lipinski definition) is 2. The number of aromatic nitrogens is 2. The average Bonchev–Trinajstić information content (AvgIpc) is 2.54. The topological polar surface area (TPSA) is 67.1 Å². The third-order valence-electron chi connectivity index (χ3n) is 4.06. The number of nitrogen functional groups attached to an aromatic ring is 1. The van der Waals surface area contributed by atoms with Crippen LogP contribution in [0.1, 0.15) is 30.4 Å². The number of nitrogens with zero attached hydrogens (tertiary/aromatic N) is 3. The standard InChI is InChI=1S/C17H22ClN5/c18-15-10-16(22-17(19)21-15)20-11-13-4-6-14(7-5-13)12-23-8-2-1-3-9-23/h4-7,10H,1-3,8-9,11-12H2,(H3,19,20,21,22). The first-order chi connectivity index (χ1) is 11.2. The van der Waals surface area contributed by atoms with Crippen LogP contribution in [0, 0.1) is 0 Å². The van der Waals surface area contributed by atoms with E-state index in [1.165, 1.54) is 43.5 Å². The number of hydrogen-bond acceptors (Lipinski definition) is 5. The predicted molar refractivity (Wildman–Crippen MR) is 94.4 cm³/mol. The van der Waals surface area contributed by atoms with E-state index < -0.39 is 0 Å². The van der Waals surface area contributed by atoms with Gasteiger partial charge < -0.3 is 11.1 Å². The minimum Gasteiger partial charge on any atom is -0.368 e. The smallest absolute Gasteiger partial charge is 0.223 e. The fourth-order valence-corrected chi connectivity index (χ4v) is 3.05. The normalized spacial score (nSPS) is 15.5. The molecule has 0 saturated carbocycles. The third kappa shape index (κ3) is 4.81. The van der Waals surface area contributed by atoms with Crippen LogP contribution < -0.4 is 11.1 Å². The molecular formula is C17H22ClN5. The van der Waals surface area contributed by atoms with E-state index in [9.17, 15) is 0 Å². The zero-order valence-corrected chi connectivity index (χ0v) is 13.9. The Kier molecular flexibility index (Phi) is 5.31. The Bertz CT molecular complexity index is 618. The minimum atomic E-state index is 0.178. The van der Waals surface area contributed by atoms with Crippen molar-refractivity contribution in [2.24, 2.45) is 0 Å². The lowest BCUT2D eigenvalue weighted by atomic mass is 10.1. The molecule has 0 unspecified atom stereocenters. The first-order valence-corrected chi connectivity index (χ1v) is 8.41. The molecule has 1 aromatic carbocycles. The molecule has 3 rings (SSSR count). The van der Waals surface area contributed by atoms with Gasteiger partial charge in [-0.25, -0.2) is 4.98 Å². The minimum absolute atomic E-state index is 0.178. The Balaban J connectivity index is 1.54. The van der Waals surface area contributed by atoms with Gasteiger partial charge in [-0.15, -0.1) is 0 Å². The summed E-state index contributed by atoms with van der Waals surface area (Å²) < 4.78 is 0. The Labute approximate surface area is 141 Å². The van der Waals surface area contributed by atoms with Gasteiger partial charge in [-0.2, -0.15) is 4.98 Å². The zero-order chi connectivity index (χ0) is 16.1. The van der Waals surface area contributed by atoms with E-state index in [4.69, 9.17) is 17.3 Å². The highest BCUT2D eigenvalue weighted by molar-refractivity contribution is 6.29. The van der Waals surface area contributed by atoms with Crippen molar-refractivity contribution >= 4 is 23.4 Å². The Hall–Kier alpha value is -1.85. The molecule has 3 N–H and O–H groups in total. The summed E-state index contributed by atoms with van der Waals surface area (Å²) in [4.78, 5) is 10.5. The van der Waals surface area contributed by atoms with Crippen LogP contribution in [0.3, 0.4) is 0 Å². The molecule has 6 heteroatoms. The predicted octanol–water partition coefficient (Wildman–Crippen LogP) is 3.31. The van der Waals surface area contributed by atoms with Gasteiger partial charge in [0.1, 0.15) is 11.0 Å². The van der Waals surface area contributed by atoms with Gasteiger partial charge in [-0.3, -0.25) is 4.90 Å². The van der Waals surface area contributed by atoms with E-state index in [1.54, 1.807) is 6.07 Å². The van der Waals surface area contributed by atoms with Crippen molar-refractivity contribution in [3.63, 3.8) is 0 Å². The molecule has 23 heavy (non-hydrogen) atoms. The first-order valence-electron chi connectivity index (χ1n) is 8.03. The summed E-state index contributed by atoms with van der Waals surface area (Å²) in [5.74, 6) is 0.816. The largest absolute Gasteiger partial charge is 0.368 e. The number of rotatable bonds is 5. The molecule has 0 spiro atoms. The fourth-order valence-electron chi connectivity index (χ4n) is 2.86. The van der Waals surface area contributed by atoms with Crippen LogP contribution in [0.2, 0.25) is 5.15 Å². The average molecular weight is 332 g/mol. The molecule has 122 valence electrons. The van der Waals surface area contributed by atoms with Crippen molar-refractivity contribution in [1.82, 2.24) is 14.9 Å². The molecule has 0 atom stereocenters. The summed E-state index contributed by atoms with van der Waals surface area (Å²) in [6, 6.07) is 10.4. The molecule has 1 saturated heterocycles. The maximum atomic E-state index is 5.87. The molecule has 0 aliphatic carbocycles. The number of benzene rings is 1. The maximum Gasteiger partial charge on any atom is 0.223 e. The van der Waals surface area contributed by atoms with Gasteiger partial charge in [0.2, 0.25) is 5.95 Å². The van der Waals surface area contributed by atoms with Crippen molar-refractivity contribution < 1.29 is 0 Å². The Morgan fingerprint density at radius 2 is 1.74 bits per heavy atom. The molecule has 0 amide bonds. The van der Waals surface area contributed by atoms with Gasteiger partial charge in [0.25, 0.3) is 0 Å². The summed E-state index contributed by atoms with van der Waals surface area (Å²) in [7, 11) is 0. The lowest BCUT2D eigenvalue weighted by Gasteiger charge is -2.26. The van der Waals surface area contributed by atoms with Crippen LogP contribution in [0.15, 0.2) is 30.3 Å². The third-order valence-corrected chi connectivity index (χ3v) is 4.26. The second kappa shape index (κ2) is 7.62. The van der Waals surface area contributed by atoms with Gasteiger partial charge in [0.05, 0.1) is 0 Å². The summed E-state index contributed by atoms with van der Waals surface area (Å²) in [5.41, 5.74) is 8.15. The number of piperidine rings is 1. The zero-order valence-electron chi connectivity index (χ0n) is 13.1. The van der Waals surface area contributed by atoms with Gasteiger partial charge in [0, 0.05) is 19.2 Å². The van der Waals surface area contributed by atoms with Crippen LogP contribution >= 0.6 is 11.6 Å². The molecular weight excluding hydrogens is 310 g/mol. The van der Waals surface area contributed by atoms with E-state index in [1.807, 2.05) is 0 Å². The molecule has 5 nitrogen and oxygen atoms in total. The number of anilines is 2. The van der Waals surface area contributed by atoms with Crippen molar-refractivity contribution in [3.8, 4) is 0 Å². The van der Waals surface area contributed by atoms with Crippen molar-refractivity contribution in [2.75, 3.05) is 24.1 Å². The van der Waals surface area contributed by atoms with E-state index in [0.29, 0.717) is 17.5 Å². The summed E-state index contributed by atoms with van der Waals surface area (Å²) in [6.07, 6.45) is 4.03. The van der Waals surface area contributed by atoms with Crippen LogP contribution in [0.4, 0.5) is 11.8 Å². The summed E-state index contributed by atoms with van der Waals surface area (Å²) in [6.45, 7) is 4.17. The number of likely N-dealkylation sites (tertiary alicyclic amines) is 1. The monoisotopic (exact) mass is 331 g/mol. The number of halogens is 1. The van der Waals surface area contributed by atoms with Crippen molar-refractivity contribution in [3.05, 3.63) is 46.6 Å². The number of nitrogens with one attached hydrogen (secondary N) is 1. The maximum absolute atomic E-state index is 5.87. The molecule has 2 heterocycles. The second-order valence-corrected chi connectivity index (χ2v) is 6.33. The molecule has 2 aromatic rings. The van der Waals surface area contributed by atoms with E-state index >= 15 is 0 Å². The van der Waals surface area contributed by atoms with Crippen molar-refractivity contribution in [2.45, 2.75) is 32.4 Å². The van der Waals surface area contributed by atoms with Crippen molar-refractivity contribution in [1.29, 1.82) is 0 Å². The quantitative estimate of drug-likeness (QED) is 0.823. The highest BCUT2D eigenvalue weighted by Crippen LogP contribution is 2.16. The van der Waals surface area contributed by atoms with Gasteiger partial charge in [0.15, 0.2) is 0 Å². The summed E-state index contributed by atoms with van der Waals surface area (Å²) >= 11 is 5.87. The van der Waals surface area contributed by atoms with Gasteiger partial charge in [-0.1, -0.05) is 42.3 Å². The Morgan fingerprint density at radius 1 is 1.04 bits per heavy atom.